The van der Waals surface area contributed by atoms with E-state index in [-0.39, 0.29) is 17.6 Å². The maximum absolute atomic E-state index is 12.8. The van der Waals surface area contributed by atoms with E-state index < -0.39 is 40.3 Å². The lowest BCUT2D eigenvalue weighted by Crippen LogP contribution is -2.62. The van der Waals surface area contributed by atoms with E-state index >= 15 is 0 Å². The summed E-state index contributed by atoms with van der Waals surface area (Å²) in [5.41, 5.74) is -6.00. The molecule has 130 valence electrons. The van der Waals surface area contributed by atoms with Gasteiger partial charge in [0.05, 0.1) is 0 Å². The monoisotopic (exact) mass is 337 g/mol. The molecule has 2 atom stereocenters. The molecule has 1 aromatic heterocycles. The molecular formula is C15H19N3O6. The third-order valence-electron chi connectivity index (χ3n) is 3.63. The van der Waals surface area contributed by atoms with Crippen LogP contribution in [0.1, 0.15) is 27.2 Å². The number of Topliss-reactive ketones (excluding diaryl/α,β-unsaturated/α-hetero) is 2. The number of hydrogen-bond acceptors (Lipinski definition) is 6. The third kappa shape index (κ3) is 2.98. The fourth-order valence-electron chi connectivity index (χ4n) is 2.40. The van der Waals surface area contributed by atoms with Crippen LogP contribution in [0, 0.1) is 0 Å². The van der Waals surface area contributed by atoms with Crippen molar-refractivity contribution in [1.29, 1.82) is 0 Å². The van der Waals surface area contributed by atoms with Crippen LogP contribution in [0.3, 0.4) is 0 Å². The summed E-state index contributed by atoms with van der Waals surface area (Å²) in [5, 5.41) is 10.1. The Morgan fingerprint density at radius 3 is 1.96 bits per heavy atom. The molecular weight excluding hydrogens is 318 g/mol. The second-order valence-electron chi connectivity index (χ2n) is 5.46. The van der Waals surface area contributed by atoms with Crippen LogP contribution < -0.4 is 17.1 Å². The molecule has 2 unspecified atom stereocenters. The van der Waals surface area contributed by atoms with Gasteiger partial charge in [-0.25, -0.2) is 19.0 Å². The highest BCUT2D eigenvalue weighted by atomic mass is 16.3. The second-order valence-corrected chi connectivity index (χ2v) is 5.46. The van der Waals surface area contributed by atoms with E-state index in [2.05, 4.69) is 13.2 Å². The van der Waals surface area contributed by atoms with Gasteiger partial charge in [0.25, 0.3) is 0 Å². The van der Waals surface area contributed by atoms with E-state index in [0.717, 1.165) is 0 Å². The van der Waals surface area contributed by atoms with Crippen molar-refractivity contribution in [1.82, 2.24) is 14.5 Å². The first-order chi connectivity index (χ1) is 11.0. The number of aliphatic hydroxyl groups excluding tert-OH is 1. The van der Waals surface area contributed by atoms with Crippen LogP contribution in [0.5, 0.6) is 0 Å². The number of ketones is 2. The van der Waals surface area contributed by atoms with Crippen LogP contribution in [0.4, 0.5) is 0 Å². The zero-order valence-electron chi connectivity index (χ0n) is 13.6. The standard InChI is InChI=1S/C15H19N3O6/c1-6-15(10(20)8(4)5,11(21)9(19)7(2)3)18-13(23)16-12(22)17-14(18)24/h9,19H,2,4,6H2,1,3,5H3,(H2,16,17,22,23,24). The van der Waals surface area contributed by atoms with Crippen LogP contribution in [-0.2, 0) is 15.1 Å². The SMILES string of the molecule is C=C(C)C(=O)C(CC)(C(=O)C(O)C(=C)C)n1c(=O)[nH]c(=O)[nH]c1=O. The smallest absolute Gasteiger partial charge is 0.334 e. The molecule has 0 spiro atoms. The molecule has 0 radical (unpaired) electrons. The lowest BCUT2D eigenvalue weighted by molar-refractivity contribution is -0.142. The Morgan fingerprint density at radius 2 is 1.62 bits per heavy atom. The summed E-state index contributed by atoms with van der Waals surface area (Å²) in [6.07, 6.45) is -2.11. The van der Waals surface area contributed by atoms with Crippen molar-refractivity contribution >= 4 is 11.6 Å². The maximum Gasteiger partial charge on any atom is 0.334 e. The fraction of sp³-hybridized carbons (Fsp3) is 0.400. The van der Waals surface area contributed by atoms with Crippen LogP contribution in [0.15, 0.2) is 38.7 Å². The predicted octanol–water partition coefficient (Wildman–Crippen LogP) is -1.02. The third-order valence-corrected chi connectivity index (χ3v) is 3.63. The Labute approximate surface area is 136 Å². The molecule has 0 aliphatic carbocycles. The van der Waals surface area contributed by atoms with Crippen LogP contribution in [0.2, 0.25) is 0 Å². The first-order valence-corrected chi connectivity index (χ1v) is 7.04. The van der Waals surface area contributed by atoms with Gasteiger partial charge >= 0.3 is 17.1 Å². The van der Waals surface area contributed by atoms with Gasteiger partial charge in [0.2, 0.25) is 0 Å². The van der Waals surface area contributed by atoms with Crippen molar-refractivity contribution in [2.75, 3.05) is 0 Å². The molecule has 1 rings (SSSR count). The van der Waals surface area contributed by atoms with Gasteiger partial charge in [-0.05, 0) is 31.4 Å². The summed E-state index contributed by atoms with van der Waals surface area (Å²) < 4.78 is 0.305. The summed E-state index contributed by atoms with van der Waals surface area (Å²) in [4.78, 5) is 64.6. The molecule has 1 aromatic rings. The number of rotatable bonds is 7. The van der Waals surface area contributed by atoms with Crippen molar-refractivity contribution < 1.29 is 14.7 Å². The molecule has 24 heavy (non-hydrogen) atoms. The van der Waals surface area contributed by atoms with Gasteiger partial charge in [-0.15, -0.1) is 0 Å². The number of aromatic amines is 2. The van der Waals surface area contributed by atoms with Crippen molar-refractivity contribution in [3.05, 3.63) is 55.8 Å². The Balaban J connectivity index is 3.97. The molecule has 9 nitrogen and oxygen atoms in total. The maximum atomic E-state index is 12.8. The number of nitrogens with zero attached hydrogens (tertiary/aromatic N) is 1. The van der Waals surface area contributed by atoms with E-state index in [4.69, 9.17) is 0 Å². The minimum atomic E-state index is -2.35. The van der Waals surface area contributed by atoms with Gasteiger partial charge in [-0.1, -0.05) is 20.1 Å². The summed E-state index contributed by atoms with van der Waals surface area (Å²) in [5.74, 6) is -2.03. The fourth-order valence-corrected chi connectivity index (χ4v) is 2.40. The van der Waals surface area contributed by atoms with E-state index in [9.17, 15) is 29.1 Å². The van der Waals surface area contributed by atoms with Crippen LogP contribution in [0.25, 0.3) is 0 Å². The van der Waals surface area contributed by atoms with E-state index in [1.54, 1.807) is 9.97 Å². The summed E-state index contributed by atoms with van der Waals surface area (Å²) in [6.45, 7) is 10.9. The highest BCUT2D eigenvalue weighted by molar-refractivity contribution is 6.17. The molecule has 1 heterocycles. The Hall–Kier alpha value is -2.81. The topological polar surface area (TPSA) is 142 Å². The van der Waals surface area contributed by atoms with Gasteiger partial charge < -0.3 is 5.11 Å². The first kappa shape index (κ1) is 19.2. The lowest BCUT2D eigenvalue weighted by Gasteiger charge is -2.32. The van der Waals surface area contributed by atoms with Gasteiger partial charge in [0.1, 0.15) is 6.10 Å². The second kappa shape index (κ2) is 6.75. The van der Waals surface area contributed by atoms with Gasteiger partial charge in [0, 0.05) is 0 Å². The number of carbonyl (C=O) groups is 2. The zero-order valence-corrected chi connectivity index (χ0v) is 13.6. The van der Waals surface area contributed by atoms with E-state index in [1.807, 2.05) is 0 Å². The number of aromatic nitrogens is 3. The highest BCUT2D eigenvalue weighted by Gasteiger charge is 2.50. The first-order valence-electron chi connectivity index (χ1n) is 7.04. The zero-order chi connectivity index (χ0) is 18.8. The molecule has 0 saturated heterocycles. The van der Waals surface area contributed by atoms with Gasteiger partial charge in [-0.2, -0.15) is 0 Å². The molecule has 0 bridgehead atoms. The molecule has 0 amide bonds. The Morgan fingerprint density at radius 1 is 1.17 bits per heavy atom. The molecule has 0 saturated carbocycles. The number of hydrogen-bond donors (Lipinski definition) is 3. The number of carbonyl (C=O) groups excluding carboxylic acids is 2. The van der Waals surface area contributed by atoms with Gasteiger partial charge in [-0.3, -0.25) is 19.6 Å². The molecule has 0 aromatic carbocycles. The van der Waals surface area contributed by atoms with Gasteiger partial charge in [0.15, 0.2) is 17.1 Å². The summed E-state index contributed by atoms with van der Waals surface area (Å²) in [7, 11) is 0. The van der Waals surface area contributed by atoms with Crippen LogP contribution in [-0.4, -0.2) is 37.3 Å². The predicted molar refractivity (Wildman–Crippen MR) is 85.9 cm³/mol. The number of allylic oxidation sites excluding steroid dienone is 1. The molecule has 0 aliphatic rings. The van der Waals surface area contributed by atoms with Crippen LogP contribution >= 0.6 is 0 Å². The Kier molecular flexibility index (Phi) is 5.41. The normalized spacial score (nSPS) is 14.5. The van der Waals surface area contributed by atoms with Crippen molar-refractivity contribution in [2.45, 2.75) is 38.8 Å². The number of H-pyrrole nitrogens is 2. The molecule has 0 fully saturated rings. The number of nitrogens with one attached hydrogen (secondary N) is 2. The average molecular weight is 337 g/mol. The lowest BCUT2D eigenvalue weighted by atomic mass is 9.79. The molecule has 0 aliphatic heterocycles. The molecule has 9 heteroatoms. The average Bonchev–Trinajstić information content (AvgIpc) is 2.48. The highest BCUT2D eigenvalue weighted by Crippen LogP contribution is 2.27. The van der Waals surface area contributed by atoms with E-state index in [0.29, 0.717) is 4.57 Å². The minimum Gasteiger partial charge on any atom is -0.381 e. The van der Waals surface area contributed by atoms with Crippen molar-refractivity contribution in [3.63, 3.8) is 0 Å². The minimum absolute atomic E-state index is 0.0289. The van der Waals surface area contributed by atoms with E-state index in [1.165, 1.54) is 20.8 Å². The van der Waals surface area contributed by atoms with Crippen molar-refractivity contribution in [2.24, 2.45) is 0 Å². The quantitative estimate of drug-likeness (QED) is 0.330. The summed E-state index contributed by atoms with van der Waals surface area (Å²) >= 11 is 0. The summed E-state index contributed by atoms with van der Waals surface area (Å²) in [6, 6.07) is 0. The largest absolute Gasteiger partial charge is 0.381 e. The Bertz CT molecular complexity index is 853. The number of aliphatic hydroxyl groups is 1. The van der Waals surface area contributed by atoms with Crippen molar-refractivity contribution in [3.8, 4) is 0 Å². The molecule has 3 N–H and O–H groups in total.